The van der Waals surface area contributed by atoms with Crippen LogP contribution in [0.1, 0.15) is 114 Å². The highest BCUT2D eigenvalue weighted by atomic mass is 16.6. The van der Waals surface area contributed by atoms with Gasteiger partial charge in [-0.25, -0.2) is 0 Å². The van der Waals surface area contributed by atoms with Crippen LogP contribution in [-0.2, 0) is 19.8 Å². The number of phenolic OH excluding ortho intramolecular Hbond substituents is 1. The van der Waals surface area contributed by atoms with Crippen molar-refractivity contribution in [3.63, 3.8) is 0 Å². The summed E-state index contributed by atoms with van der Waals surface area (Å²) in [6.45, 7) is 10.8. The lowest BCUT2D eigenvalue weighted by Gasteiger charge is -2.49. The van der Waals surface area contributed by atoms with Crippen molar-refractivity contribution in [1.29, 1.82) is 0 Å². The van der Waals surface area contributed by atoms with E-state index in [0.717, 1.165) is 0 Å². The molecule has 2 aromatic carbocycles. The molecule has 3 saturated heterocycles. The number of hydrogen-bond donors (Lipinski definition) is 3. The summed E-state index contributed by atoms with van der Waals surface area (Å²) in [4.78, 5) is 47.5. The van der Waals surface area contributed by atoms with Crippen molar-refractivity contribution in [1.82, 2.24) is 9.80 Å². The Bertz CT molecular complexity index is 2120. The van der Waals surface area contributed by atoms with Crippen molar-refractivity contribution in [2.75, 3.05) is 28.2 Å². The molecule has 53 heavy (non-hydrogen) atoms. The number of ether oxygens (including phenoxy) is 3. The zero-order valence-corrected chi connectivity index (χ0v) is 32.0. The van der Waals surface area contributed by atoms with Gasteiger partial charge in [0.1, 0.15) is 23.2 Å². The maximum absolute atomic E-state index is 15.1. The minimum absolute atomic E-state index is 0.00278. The van der Waals surface area contributed by atoms with E-state index in [1.807, 2.05) is 64.0 Å². The molecule has 7 rings (SSSR count). The lowest BCUT2D eigenvalue weighted by atomic mass is 9.74. The molecule has 1 aliphatic carbocycles. The van der Waals surface area contributed by atoms with Gasteiger partial charge in [0.25, 0.3) is 0 Å². The van der Waals surface area contributed by atoms with Crippen LogP contribution in [0.15, 0.2) is 39.6 Å². The van der Waals surface area contributed by atoms with Crippen molar-refractivity contribution < 1.29 is 43.5 Å². The molecule has 12 nitrogen and oxygen atoms in total. The van der Waals surface area contributed by atoms with E-state index in [4.69, 9.17) is 18.6 Å². The SMILES string of the molecule is C/C=C/C1OC1(C)c1cc(=O)c2c(C)cc3c(c2o1)C(=O)c1c(O)c([C@H]2C[C@](C)(N(C)C)[C@H](O)[C@H](C)O2)cc([C@H]2C[C@H](N(C)C)[C@H](O)[C@@H](C)O2)c1C3=O. The summed E-state index contributed by atoms with van der Waals surface area (Å²) in [5.74, 6) is -1.41. The average molecular weight is 731 g/mol. The number of carbonyl (C=O) groups excluding carboxylic acids is 2. The first-order valence-electron chi connectivity index (χ1n) is 18.3. The average Bonchev–Trinajstić information content (AvgIpc) is 3.76. The van der Waals surface area contributed by atoms with Crippen LogP contribution >= 0.6 is 0 Å². The van der Waals surface area contributed by atoms with Crippen LogP contribution in [0.5, 0.6) is 5.75 Å². The van der Waals surface area contributed by atoms with Crippen molar-refractivity contribution in [2.24, 2.45) is 0 Å². The third kappa shape index (κ3) is 5.64. The molecule has 0 radical (unpaired) electrons. The summed E-state index contributed by atoms with van der Waals surface area (Å²) in [5.41, 5.74) is -1.32. The highest BCUT2D eigenvalue weighted by Crippen LogP contribution is 2.51. The largest absolute Gasteiger partial charge is 0.507 e. The van der Waals surface area contributed by atoms with E-state index >= 15 is 4.79 Å². The number of phenols is 1. The van der Waals surface area contributed by atoms with Crippen LogP contribution in [-0.4, -0.2) is 107 Å². The third-order valence-electron chi connectivity index (χ3n) is 12.3. The normalized spacial score (nSPS) is 34.3. The smallest absolute Gasteiger partial charge is 0.202 e. The summed E-state index contributed by atoms with van der Waals surface area (Å²) in [6.07, 6.45) is -0.576. The molecule has 3 aliphatic heterocycles. The van der Waals surface area contributed by atoms with E-state index in [9.17, 15) is 24.9 Å². The number of aliphatic hydroxyl groups excluding tert-OH is 2. The molecule has 0 saturated carbocycles. The number of benzene rings is 2. The lowest BCUT2D eigenvalue weighted by molar-refractivity contribution is -0.176. The summed E-state index contributed by atoms with van der Waals surface area (Å²) < 4.78 is 25.1. The predicted molar refractivity (Wildman–Crippen MR) is 197 cm³/mol. The Morgan fingerprint density at radius 3 is 2.21 bits per heavy atom. The second kappa shape index (κ2) is 12.9. The van der Waals surface area contributed by atoms with Crippen LogP contribution < -0.4 is 5.43 Å². The molecule has 4 aliphatic rings. The first-order chi connectivity index (χ1) is 24.8. The molecule has 4 heterocycles. The number of allylic oxidation sites excluding steroid dienone is 1. The molecule has 3 aromatic rings. The van der Waals surface area contributed by atoms with E-state index < -0.39 is 65.1 Å². The maximum atomic E-state index is 15.1. The van der Waals surface area contributed by atoms with E-state index in [1.54, 1.807) is 33.8 Å². The topological polar surface area (TPSA) is 163 Å². The number of fused-ring (bicyclic) bond motifs is 4. The number of aromatic hydroxyl groups is 1. The van der Waals surface area contributed by atoms with Crippen LogP contribution in [0.2, 0.25) is 0 Å². The van der Waals surface area contributed by atoms with Gasteiger partial charge in [0, 0.05) is 34.3 Å². The Labute approximate surface area is 308 Å². The lowest BCUT2D eigenvalue weighted by Crippen LogP contribution is -2.59. The molecular formula is C41H50N2O10. The van der Waals surface area contributed by atoms with Gasteiger partial charge in [-0.05, 0) is 106 Å². The van der Waals surface area contributed by atoms with Gasteiger partial charge in [0.2, 0.25) is 5.78 Å². The van der Waals surface area contributed by atoms with E-state index in [2.05, 4.69) is 0 Å². The summed E-state index contributed by atoms with van der Waals surface area (Å²) in [5, 5.41) is 34.7. The minimum Gasteiger partial charge on any atom is -0.507 e. The number of rotatable bonds is 6. The standard InChI is InChI=1S/C41H50N2O10/c1-11-12-28-41(6,53-28)29-16-25(44)30-18(2)13-23-32(38(30)52-29)37(48)33-31(36(23)47)21(26-15-24(42(7)8)34(45)19(3)50-26)14-22(35(33)46)27-17-40(5,43(9)10)39(49)20(4)51-27/h11-14,16,19-20,24,26-28,34,39,45-46,49H,15,17H2,1-10H3/b12-11+/t19-,20+,24+,26-,27-,28?,34-,39-,40+,41?/m1/s1. The van der Waals surface area contributed by atoms with Gasteiger partial charge < -0.3 is 43.7 Å². The fourth-order valence-corrected chi connectivity index (χ4v) is 8.74. The van der Waals surface area contributed by atoms with Gasteiger partial charge in [0.15, 0.2) is 16.8 Å². The number of nitrogens with zero attached hydrogens (tertiary/aromatic N) is 2. The number of aliphatic hydroxyl groups is 2. The Balaban J connectivity index is 1.48. The van der Waals surface area contributed by atoms with Gasteiger partial charge in [0.05, 0.1) is 53.1 Å². The molecule has 12 heteroatoms. The Morgan fingerprint density at radius 2 is 1.57 bits per heavy atom. The van der Waals surface area contributed by atoms with Gasteiger partial charge in [-0.15, -0.1) is 0 Å². The molecule has 284 valence electrons. The monoisotopic (exact) mass is 730 g/mol. The number of hydrogen-bond acceptors (Lipinski definition) is 12. The Hall–Kier alpha value is -3.75. The first-order valence-corrected chi connectivity index (χ1v) is 18.3. The Kier molecular flexibility index (Phi) is 9.17. The zero-order chi connectivity index (χ0) is 38.6. The number of epoxide rings is 1. The van der Waals surface area contributed by atoms with Crippen molar-refractivity contribution >= 4 is 22.5 Å². The molecule has 0 amide bonds. The number of likely N-dealkylation sites (N-methyl/N-ethyl adjacent to an activating group) is 2. The van der Waals surface area contributed by atoms with Crippen LogP contribution in [0.25, 0.3) is 11.0 Å². The molecule has 1 aromatic heterocycles. The summed E-state index contributed by atoms with van der Waals surface area (Å²) in [7, 11) is 7.45. The van der Waals surface area contributed by atoms with E-state index in [0.29, 0.717) is 17.5 Å². The summed E-state index contributed by atoms with van der Waals surface area (Å²) >= 11 is 0. The molecule has 0 spiro atoms. The van der Waals surface area contributed by atoms with Crippen LogP contribution in [0, 0.1) is 6.92 Å². The molecule has 2 unspecified atom stereocenters. The predicted octanol–water partition coefficient (Wildman–Crippen LogP) is 4.44. The molecule has 10 atom stereocenters. The number of carbonyl (C=O) groups is 2. The quantitative estimate of drug-likeness (QED) is 0.189. The van der Waals surface area contributed by atoms with Gasteiger partial charge >= 0.3 is 0 Å². The van der Waals surface area contributed by atoms with Gasteiger partial charge in [-0.3, -0.25) is 14.4 Å². The molecule has 0 bridgehead atoms. The van der Waals surface area contributed by atoms with Crippen molar-refractivity contribution in [2.45, 2.75) is 114 Å². The zero-order valence-electron chi connectivity index (χ0n) is 32.0. The highest BCUT2D eigenvalue weighted by Gasteiger charge is 2.55. The third-order valence-corrected chi connectivity index (χ3v) is 12.3. The second-order valence-electron chi connectivity index (χ2n) is 16.1. The van der Waals surface area contributed by atoms with Gasteiger partial charge in [-0.2, -0.15) is 0 Å². The maximum Gasteiger partial charge on any atom is 0.202 e. The molecule has 3 fully saturated rings. The van der Waals surface area contributed by atoms with E-state index in [1.165, 1.54) is 12.1 Å². The minimum atomic E-state index is -0.945. The van der Waals surface area contributed by atoms with Gasteiger partial charge in [-0.1, -0.05) is 12.2 Å². The molecular weight excluding hydrogens is 680 g/mol. The van der Waals surface area contributed by atoms with Crippen LogP contribution in [0.3, 0.4) is 0 Å². The number of aryl methyl sites for hydroxylation is 1. The number of ketones is 2. The fourth-order valence-electron chi connectivity index (χ4n) is 8.74. The second-order valence-corrected chi connectivity index (χ2v) is 16.1. The fraction of sp³-hybridized carbons (Fsp3) is 0.537. The van der Waals surface area contributed by atoms with E-state index in [-0.39, 0.29) is 68.5 Å². The van der Waals surface area contributed by atoms with Crippen molar-refractivity contribution in [3.05, 3.63) is 85.3 Å². The summed E-state index contributed by atoms with van der Waals surface area (Å²) in [6, 6.07) is 4.26. The van der Waals surface area contributed by atoms with Crippen LogP contribution in [0.4, 0.5) is 0 Å². The highest BCUT2D eigenvalue weighted by molar-refractivity contribution is 6.33. The molecule has 3 N–H and O–H groups in total. The Morgan fingerprint density at radius 1 is 0.887 bits per heavy atom. The van der Waals surface area contributed by atoms with Crippen molar-refractivity contribution in [3.8, 4) is 5.75 Å². The first kappa shape index (κ1) is 37.6.